The maximum Gasteiger partial charge on any atom is 0.274 e. The second-order valence-corrected chi connectivity index (χ2v) is 12.3. The molecule has 1 aromatic heterocycles. The molecule has 6 atom stereocenters. The Morgan fingerprint density at radius 1 is 1.36 bits per heavy atom. The number of hydrogen-bond donors (Lipinski definition) is 3. The molecule has 1 aliphatic heterocycles. The first-order chi connectivity index (χ1) is 17.2. The second-order valence-electron chi connectivity index (χ2n) is 10.9. The van der Waals surface area contributed by atoms with Crippen LogP contribution in [0.3, 0.4) is 0 Å². The number of rotatable bonds is 10. The van der Waals surface area contributed by atoms with Crippen molar-refractivity contribution in [3.63, 3.8) is 0 Å². The van der Waals surface area contributed by atoms with Crippen LogP contribution in [-0.4, -0.2) is 48.4 Å². The number of aliphatic hydroxyl groups is 1. The van der Waals surface area contributed by atoms with E-state index in [1.807, 2.05) is 10.6 Å². The van der Waals surface area contributed by atoms with Crippen LogP contribution < -0.4 is 9.86 Å². The predicted molar refractivity (Wildman–Crippen MR) is 135 cm³/mol. The van der Waals surface area contributed by atoms with Crippen LogP contribution in [0.25, 0.3) is 11.3 Å². The number of imidazole rings is 1. The molecule has 2 heterocycles. The van der Waals surface area contributed by atoms with Crippen molar-refractivity contribution in [2.75, 3.05) is 13.2 Å². The van der Waals surface area contributed by atoms with Crippen molar-refractivity contribution in [1.29, 1.82) is 0 Å². The van der Waals surface area contributed by atoms with E-state index >= 15 is 0 Å². The van der Waals surface area contributed by atoms with Crippen LogP contribution >= 0.6 is 0 Å². The summed E-state index contributed by atoms with van der Waals surface area (Å²) in [6.45, 7) is 2.88. The summed E-state index contributed by atoms with van der Waals surface area (Å²) in [7, 11) is -3.68. The summed E-state index contributed by atoms with van der Waals surface area (Å²) in [5.41, 5.74) is 2.18. The number of nitrogens with two attached hydrogens (primary N) is 1. The number of aromatic nitrogens is 2. The first-order valence-electron chi connectivity index (χ1n) is 13.1. The molecule has 8 nitrogen and oxygen atoms in total. The van der Waals surface area contributed by atoms with Crippen molar-refractivity contribution in [1.82, 2.24) is 14.3 Å². The molecule has 36 heavy (non-hydrogen) atoms. The number of nitrogens with zero attached hydrogens (tertiary/aromatic N) is 2. The summed E-state index contributed by atoms with van der Waals surface area (Å²) in [6, 6.07) is 4.89. The average molecular weight is 521 g/mol. The zero-order valence-electron chi connectivity index (χ0n) is 20.8. The minimum absolute atomic E-state index is 0.110. The van der Waals surface area contributed by atoms with Gasteiger partial charge in [0.2, 0.25) is 0 Å². The lowest BCUT2D eigenvalue weighted by Gasteiger charge is -2.52. The highest BCUT2D eigenvalue weighted by atomic mass is 32.2. The van der Waals surface area contributed by atoms with E-state index < -0.39 is 16.3 Å². The van der Waals surface area contributed by atoms with Crippen molar-refractivity contribution >= 4 is 10.2 Å². The average Bonchev–Trinajstić information content (AvgIpc) is 3.42. The predicted octanol–water partition coefficient (Wildman–Crippen LogP) is 3.52. The van der Waals surface area contributed by atoms with E-state index in [-0.39, 0.29) is 29.9 Å². The van der Waals surface area contributed by atoms with Gasteiger partial charge in [0.15, 0.2) is 0 Å². The zero-order valence-corrected chi connectivity index (χ0v) is 21.6. The van der Waals surface area contributed by atoms with Crippen molar-refractivity contribution in [3.8, 4) is 11.3 Å². The summed E-state index contributed by atoms with van der Waals surface area (Å²) in [5.74, 6) is 0.679. The van der Waals surface area contributed by atoms with Gasteiger partial charge in [-0.1, -0.05) is 19.1 Å². The fourth-order valence-electron chi connectivity index (χ4n) is 7.14. The number of halogens is 1. The topological polar surface area (TPSA) is 119 Å². The first kappa shape index (κ1) is 25.8. The Morgan fingerprint density at radius 2 is 2.19 bits per heavy atom. The normalized spacial score (nSPS) is 30.1. The molecule has 0 saturated heterocycles. The minimum Gasteiger partial charge on any atom is -0.392 e. The van der Waals surface area contributed by atoms with Gasteiger partial charge in [-0.25, -0.2) is 19.2 Å². The largest absolute Gasteiger partial charge is 0.392 e. The van der Waals surface area contributed by atoms with Crippen molar-refractivity contribution in [2.45, 2.75) is 76.5 Å². The molecule has 2 saturated carbocycles. The maximum atomic E-state index is 15.0. The van der Waals surface area contributed by atoms with Gasteiger partial charge in [0.05, 0.1) is 36.5 Å². The third-order valence-corrected chi connectivity index (χ3v) is 9.47. The summed E-state index contributed by atoms with van der Waals surface area (Å²) >= 11 is 0. The van der Waals surface area contributed by atoms with E-state index in [0.29, 0.717) is 36.8 Å². The van der Waals surface area contributed by atoms with Crippen LogP contribution in [0.5, 0.6) is 0 Å². The number of ether oxygens (including phenoxy) is 1. The molecular formula is C26H37FN4O4S. The SMILES string of the molecule is CCC1(C(O)CC2c3c(F)cccc3-c3cncn32)CC2CC[C@@H](OCCCNS(N)(=O)=O)C(C2)C1. The van der Waals surface area contributed by atoms with Gasteiger partial charge in [-0.2, -0.15) is 8.42 Å². The number of benzene rings is 1. The number of nitrogens with one attached hydrogen (secondary N) is 1. The Hall–Kier alpha value is -1.85. The molecule has 3 aliphatic rings. The molecule has 2 bridgehead atoms. The molecule has 0 radical (unpaired) electrons. The van der Waals surface area contributed by atoms with Gasteiger partial charge in [-0.05, 0) is 74.7 Å². The van der Waals surface area contributed by atoms with E-state index in [2.05, 4.69) is 16.6 Å². The smallest absolute Gasteiger partial charge is 0.274 e. The molecular weight excluding hydrogens is 483 g/mol. The quantitative estimate of drug-likeness (QED) is 0.414. The number of aliphatic hydroxyl groups excluding tert-OH is 1. The Balaban J connectivity index is 1.28. The van der Waals surface area contributed by atoms with Crippen LogP contribution in [0.1, 0.15) is 69.9 Å². The molecule has 2 aliphatic carbocycles. The van der Waals surface area contributed by atoms with Crippen LogP contribution in [-0.2, 0) is 14.9 Å². The summed E-state index contributed by atoms with van der Waals surface area (Å²) in [5, 5.41) is 16.7. The molecule has 2 aromatic rings. The lowest BCUT2D eigenvalue weighted by molar-refractivity contribution is -0.109. The molecule has 1 aromatic carbocycles. The number of fused-ring (bicyclic) bond motifs is 5. The van der Waals surface area contributed by atoms with E-state index in [4.69, 9.17) is 9.88 Å². The third kappa shape index (κ3) is 4.98. The molecule has 0 amide bonds. The molecule has 4 N–H and O–H groups in total. The van der Waals surface area contributed by atoms with Gasteiger partial charge in [0.25, 0.3) is 10.2 Å². The molecule has 5 unspecified atom stereocenters. The molecule has 0 spiro atoms. The lowest BCUT2D eigenvalue weighted by atomic mass is 9.56. The van der Waals surface area contributed by atoms with E-state index in [1.54, 1.807) is 18.6 Å². The highest BCUT2D eigenvalue weighted by Gasteiger charge is 2.49. The maximum absolute atomic E-state index is 15.0. The fraction of sp³-hybridized carbons (Fsp3) is 0.654. The minimum atomic E-state index is -3.68. The van der Waals surface area contributed by atoms with Gasteiger partial charge in [-0.3, -0.25) is 0 Å². The third-order valence-electron chi connectivity index (χ3n) is 8.86. The van der Waals surface area contributed by atoms with Gasteiger partial charge in [-0.15, -0.1) is 0 Å². The van der Waals surface area contributed by atoms with Crippen molar-refractivity contribution in [2.24, 2.45) is 22.4 Å². The highest BCUT2D eigenvalue weighted by Crippen LogP contribution is 2.55. The zero-order chi connectivity index (χ0) is 25.5. The van der Waals surface area contributed by atoms with E-state index in [1.165, 1.54) is 6.07 Å². The summed E-state index contributed by atoms with van der Waals surface area (Å²) < 4.78 is 47.6. The Kier molecular flexibility index (Phi) is 7.26. The first-order valence-corrected chi connectivity index (χ1v) is 14.6. The Morgan fingerprint density at radius 3 is 2.97 bits per heavy atom. The summed E-state index contributed by atoms with van der Waals surface area (Å²) in [4.78, 5) is 4.29. The van der Waals surface area contributed by atoms with Gasteiger partial charge < -0.3 is 14.4 Å². The van der Waals surface area contributed by atoms with E-state index in [9.17, 15) is 17.9 Å². The van der Waals surface area contributed by atoms with Gasteiger partial charge >= 0.3 is 0 Å². The monoisotopic (exact) mass is 520 g/mol. The molecule has 198 valence electrons. The van der Waals surface area contributed by atoms with Gasteiger partial charge in [0, 0.05) is 24.3 Å². The molecule has 5 rings (SSSR count). The van der Waals surface area contributed by atoms with Crippen molar-refractivity contribution in [3.05, 3.63) is 42.1 Å². The van der Waals surface area contributed by atoms with Crippen LogP contribution in [0.15, 0.2) is 30.7 Å². The Bertz CT molecular complexity index is 1190. The van der Waals surface area contributed by atoms with E-state index in [0.717, 1.165) is 49.8 Å². The van der Waals surface area contributed by atoms with Gasteiger partial charge in [0.1, 0.15) is 5.82 Å². The Labute approximate surface area is 212 Å². The molecule has 2 fully saturated rings. The van der Waals surface area contributed by atoms with Crippen LogP contribution in [0, 0.1) is 23.1 Å². The highest BCUT2D eigenvalue weighted by molar-refractivity contribution is 7.87. The van der Waals surface area contributed by atoms with Crippen LogP contribution in [0.4, 0.5) is 4.39 Å². The van der Waals surface area contributed by atoms with Crippen LogP contribution in [0.2, 0.25) is 0 Å². The molecule has 10 heteroatoms. The van der Waals surface area contributed by atoms with Crippen molar-refractivity contribution < 1.29 is 22.7 Å². The fourth-order valence-corrected chi connectivity index (χ4v) is 7.57. The standard InChI is InChI=1S/C26H37FN4O4S/c1-2-26(13-17-7-8-23(18(11-17)14-26)35-10-4-9-30-36(28,33)34)24(32)12-21-25-19(5-3-6-20(25)27)22-15-29-16-31(21)22/h3,5-6,15-18,21,23-24,30,32H,2,4,7-14H2,1H3,(H2,28,33,34)/t17?,18?,21?,23-,24?,26?/m1/s1. The second kappa shape index (κ2) is 10.1. The number of hydrogen-bond acceptors (Lipinski definition) is 5. The summed E-state index contributed by atoms with van der Waals surface area (Å²) in [6.07, 6.45) is 9.96. The lowest BCUT2D eigenvalue weighted by Crippen LogP contribution is -2.48.